The van der Waals surface area contributed by atoms with Gasteiger partial charge < -0.3 is 4.74 Å². The number of benzene rings is 1. The van der Waals surface area contributed by atoms with E-state index in [0.717, 1.165) is 16.5 Å². The minimum atomic E-state index is -0.110. The summed E-state index contributed by atoms with van der Waals surface area (Å²) >= 11 is 5.96. The van der Waals surface area contributed by atoms with E-state index in [9.17, 15) is 4.79 Å². The third-order valence-corrected chi connectivity index (χ3v) is 2.96. The van der Waals surface area contributed by atoms with E-state index < -0.39 is 0 Å². The standard InChI is InChI=1S/C14H14ClNO2/c1-8(2)14(17)13-11-5-4-10(18-3)6-9(11)7-12(15)16-13/h4-8H,1-3H3. The van der Waals surface area contributed by atoms with Crippen molar-refractivity contribution >= 4 is 28.2 Å². The molecule has 3 nitrogen and oxygen atoms in total. The molecule has 0 aliphatic heterocycles. The summed E-state index contributed by atoms with van der Waals surface area (Å²) in [6, 6.07) is 7.23. The summed E-state index contributed by atoms with van der Waals surface area (Å²) in [5, 5.41) is 1.98. The molecule has 1 aromatic heterocycles. The third-order valence-electron chi connectivity index (χ3n) is 2.76. The van der Waals surface area contributed by atoms with Crippen LogP contribution in [0.2, 0.25) is 5.15 Å². The molecule has 1 aromatic carbocycles. The summed E-state index contributed by atoms with van der Waals surface area (Å²) in [5.74, 6) is 0.613. The van der Waals surface area contributed by atoms with Crippen LogP contribution in [0.3, 0.4) is 0 Å². The Morgan fingerprint density at radius 2 is 2.06 bits per heavy atom. The highest BCUT2D eigenvalue weighted by Crippen LogP contribution is 2.26. The Bertz CT molecular complexity index is 608. The Morgan fingerprint density at radius 1 is 1.33 bits per heavy atom. The molecule has 0 N–H and O–H groups in total. The molecule has 0 saturated heterocycles. The maximum absolute atomic E-state index is 12.1. The Hall–Kier alpha value is -1.61. The van der Waals surface area contributed by atoms with Crippen LogP contribution in [0.4, 0.5) is 0 Å². The molecule has 0 radical (unpaired) electrons. The molecule has 2 rings (SSSR count). The van der Waals surface area contributed by atoms with Crippen molar-refractivity contribution in [2.45, 2.75) is 13.8 Å². The van der Waals surface area contributed by atoms with E-state index in [4.69, 9.17) is 16.3 Å². The topological polar surface area (TPSA) is 39.2 Å². The van der Waals surface area contributed by atoms with Gasteiger partial charge in [0.15, 0.2) is 5.78 Å². The average Bonchev–Trinajstić information content (AvgIpc) is 2.35. The molecule has 94 valence electrons. The number of aromatic nitrogens is 1. The molecule has 0 saturated carbocycles. The Labute approximate surface area is 111 Å². The van der Waals surface area contributed by atoms with Crippen molar-refractivity contribution in [3.63, 3.8) is 0 Å². The number of hydrogen-bond acceptors (Lipinski definition) is 3. The molecular formula is C14H14ClNO2. The van der Waals surface area contributed by atoms with Gasteiger partial charge in [-0.1, -0.05) is 25.4 Å². The van der Waals surface area contributed by atoms with Gasteiger partial charge in [0.05, 0.1) is 7.11 Å². The monoisotopic (exact) mass is 263 g/mol. The van der Waals surface area contributed by atoms with Crippen LogP contribution in [0.5, 0.6) is 5.75 Å². The van der Waals surface area contributed by atoms with Gasteiger partial charge in [-0.3, -0.25) is 4.79 Å². The lowest BCUT2D eigenvalue weighted by Gasteiger charge is -2.09. The van der Waals surface area contributed by atoms with Crippen LogP contribution < -0.4 is 4.74 Å². The SMILES string of the molecule is COc1ccc2c(C(=O)C(C)C)nc(Cl)cc2c1. The van der Waals surface area contributed by atoms with Gasteiger partial charge >= 0.3 is 0 Å². The number of ether oxygens (including phenoxy) is 1. The van der Waals surface area contributed by atoms with Gasteiger partial charge in [0.1, 0.15) is 16.6 Å². The molecule has 0 amide bonds. The zero-order valence-electron chi connectivity index (χ0n) is 10.5. The molecular weight excluding hydrogens is 250 g/mol. The number of halogens is 1. The number of nitrogens with zero attached hydrogens (tertiary/aromatic N) is 1. The first-order chi connectivity index (χ1) is 8.52. The molecule has 0 spiro atoms. The van der Waals surface area contributed by atoms with Gasteiger partial charge in [-0.15, -0.1) is 0 Å². The van der Waals surface area contributed by atoms with E-state index in [1.54, 1.807) is 13.2 Å². The van der Waals surface area contributed by atoms with Crippen LogP contribution in [-0.2, 0) is 0 Å². The fourth-order valence-electron chi connectivity index (χ4n) is 1.79. The normalized spacial score (nSPS) is 10.9. The molecule has 0 aliphatic carbocycles. The summed E-state index contributed by atoms with van der Waals surface area (Å²) in [7, 11) is 1.60. The molecule has 0 aliphatic rings. The number of Topliss-reactive ketones (excluding diaryl/α,β-unsaturated/α-hetero) is 1. The number of pyridine rings is 1. The summed E-state index contributed by atoms with van der Waals surface area (Å²) < 4.78 is 5.16. The lowest BCUT2D eigenvalue weighted by Crippen LogP contribution is -2.10. The largest absolute Gasteiger partial charge is 0.497 e. The zero-order valence-corrected chi connectivity index (χ0v) is 11.3. The highest BCUT2D eigenvalue weighted by Gasteiger charge is 2.16. The van der Waals surface area contributed by atoms with E-state index in [1.165, 1.54) is 0 Å². The van der Waals surface area contributed by atoms with Crippen LogP contribution in [0, 0.1) is 5.92 Å². The van der Waals surface area contributed by atoms with E-state index in [0.29, 0.717) is 10.8 Å². The van der Waals surface area contributed by atoms with Gasteiger partial charge in [0.25, 0.3) is 0 Å². The first-order valence-electron chi connectivity index (χ1n) is 5.71. The van der Waals surface area contributed by atoms with Crippen LogP contribution in [-0.4, -0.2) is 17.9 Å². The van der Waals surface area contributed by atoms with Crippen molar-refractivity contribution in [2.24, 2.45) is 5.92 Å². The van der Waals surface area contributed by atoms with Gasteiger partial charge in [-0.25, -0.2) is 4.98 Å². The Morgan fingerprint density at radius 3 is 2.67 bits per heavy atom. The van der Waals surface area contributed by atoms with Crippen LogP contribution in [0.1, 0.15) is 24.3 Å². The second-order valence-corrected chi connectivity index (χ2v) is 4.79. The first kappa shape index (κ1) is 12.8. The Kier molecular flexibility index (Phi) is 3.53. The lowest BCUT2D eigenvalue weighted by molar-refractivity contribution is 0.0936. The fraction of sp³-hybridized carbons (Fsp3) is 0.286. The quantitative estimate of drug-likeness (QED) is 0.626. The van der Waals surface area contributed by atoms with Gasteiger partial charge in [-0.05, 0) is 29.7 Å². The number of carbonyl (C=O) groups is 1. The van der Waals surface area contributed by atoms with E-state index in [-0.39, 0.29) is 11.7 Å². The second-order valence-electron chi connectivity index (χ2n) is 4.40. The molecule has 1 heterocycles. The molecule has 18 heavy (non-hydrogen) atoms. The van der Waals surface area contributed by atoms with Crippen LogP contribution >= 0.6 is 11.6 Å². The summed E-state index contributed by atoms with van der Waals surface area (Å²) in [4.78, 5) is 16.3. The van der Waals surface area contributed by atoms with Gasteiger partial charge in [0.2, 0.25) is 0 Å². The van der Waals surface area contributed by atoms with Crippen molar-refractivity contribution in [3.05, 3.63) is 35.1 Å². The van der Waals surface area contributed by atoms with E-state index in [2.05, 4.69) is 4.98 Å². The zero-order chi connectivity index (χ0) is 13.3. The number of methoxy groups -OCH3 is 1. The van der Waals surface area contributed by atoms with Gasteiger partial charge in [-0.2, -0.15) is 0 Å². The Balaban J connectivity index is 2.70. The summed E-state index contributed by atoms with van der Waals surface area (Å²) in [6.07, 6.45) is 0. The number of rotatable bonds is 3. The van der Waals surface area contributed by atoms with Crippen LogP contribution in [0.25, 0.3) is 10.8 Å². The van der Waals surface area contributed by atoms with Crippen molar-refractivity contribution in [1.82, 2.24) is 4.98 Å². The molecule has 0 fully saturated rings. The maximum atomic E-state index is 12.1. The van der Waals surface area contributed by atoms with Crippen molar-refractivity contribution in [1.29, 1.82) is 0 Å². The lowest BCUT2D eigenvalue weighted by atomic mass is 10.0. The molecule has 4 heteroatoms. The molecule has 0 unspecified atom stereocenters. The smallest absolute Gasteiger partial charge is 0.184 e. The van der Waals surface area contributed by atoms with Crippen molar-refractivity contribution < 1.29 is 9.53 Å². The molecule has 0 bridgehead atoms. The number of hydrogen-bond donors (Lipinski definition) is 0. The number of ketones is 1. The minimum Gasteiger partial charge on any atom is -0.497 e. The average molecular weight is 264 g/mol. The summed E-state index contributed by atoms with van der Waals surface area (Å²) in [6.45, 7) is 3.69. The van der Waals surface area contributed by atoms with Gasteiger partial charge in [0, 0.05) is 11.3 Å². The fourth-order valence-corrected chi connectivity index (χ4v) is 1.99. The van der Waals surface area contributed by atoms with E-state index in [1.807, 2.05) is 32.0 Å². The van der Waals surface area contributed by atoms with Crippen molar-refractivity contribution in [3.8, 4) is 5.75 Å². The predicted molar refractivity (Wildman–Crippen MR) is 72.5 cm³/mol. The number of fused-ring (bicyclic) bond motifs is 1. The molecule has 0 atom stereocenters. The second kappa shape index (κ2) is 4.94. The number of carbonyl (C=O) groups excluding carboxylic acids is 1. The summed E-state index contributed by atoms with van der Waals surface area (Å²) in [5.41, 5.74) is 0.426. The minimum absolute atomic E-state index is 0.00679. The predicted octanol–water partition coefficient (Wildman–Crippen LogP) is 3.74. The first-order valence-corrected chi connectivity index (χ1v) is 6.09. The molecule has 2 aromatic rings. The van der Waals surface area contributed by atoms with Crippen LogP contribution in [0.15, 0.2) is 24.3 Å². The van der Waals surface area contributed by atoms with E-state index >= 15 is 0 Å². The van der Waals surface area contributed by atoms with Crippen molar-refractivity contribution in [2.75, 3.05) is 7.11 Å². The third kappa shape index (κ3) is 2.31. The maximum Gasteiger partial charge on any atom is 0.184 e. The highest BCUT2D eigenvalue weighted by molar-refractivity contribution is 6.30. The highest BCUT2D eigenvalue weighted by atomic mass is 35.5.